The third kappa shape index (κ3) is 7.50. The molecule has 0 N–H and O–H groups in total. The summed E-state index contributed by atoms with van der Waals surface area (Å²) in [6, 6.07) is 18.6. The highest BCUT2D eigenvalue weighted by molar-refractivity contribution is 6.74. The molecular formula is C34H46ClN5O3Si. The number of rotatable bonds is 12. The van der Waals surface area contributed by atoms with Crippen molar-refractivity contribution in [1.29, 1.82) is 0 Å². The molecule has 2 atom stereocenters. The Labute approximate surface area is 267 Å². The molecule has 0 aliphatic carbocycles. The molecule has 10 heteroatoms. The van der Waals surface area contributed by atoms with Crippen LogP contribution in [0, 0.1) is 12.8 Å². The normalized spacial score (nSPS) is 13.8. The quantitative estimate of drug-likeness (QED) is 0.0918. The molecule has 0 saturated carbocycles. The van der Waals surface area contributed by atoms with Crippen LogP contribution in [0.1, 0.15) is 79.9 Å². The Hall–Kier alpha value is -3.27. The Morgan fingerprint density at radius 3 is 2.32 bits per heavy atom. The van der Waals surface area contributed by atoms with Gasteiger partial charge in [-0.1, -0.05) is 94.2 Å². The molecule has 0 fully saturated rings. The third-order valence-electron chi connectivity index (χ3n) is 8.62. The predicted molar refractivity (Wildman–Crippen MR) is 180 cm³/mol. The number of halogens is 1. The van der Waals surface area contributed by atoms with Crippen molar-refractivity contribution in [3.63, 3.8) is 0 Å². The van der Waals surface area contributed by atoms with Crippen LogP contribution in [-0.2, 0) is 10.8 Å². The van der Waals surface area contributed by atoms with E-state index in [-0.39, 0.29) is 22.6 Å². The van der Waals surface area contributed by atoms with E-state index in [4.69, 9.17) is 21.0 Å². The Bertz CT molecular complexity index is 1610. The van der Waals surface area contributed by atoms with E-state index in [0.717, 1.165) is 11.1 Å². The number of aromatic nitrogens is 4. The van der Waals surface area contributed by atoms with E-state index < -0.39 is 19.9 Å². The highest BCUT2D eigenvalue weighted by Crippen LogP contribution is 2.37. The van der Waals surface area contributed by atoms with Gasteiger partial charge in [0.05, 0.1) is 12.2 Å². The lowest BCUT2D eigenvalue weighted by molar-refractivity contribution is 0.0586. The second-order valence-electron chi connectivity index (χ2n) is 13.4. The molecule has 0 aliphatic rings. The van der Waals surface area contributed by atoms with Crippen LogP contribution < -0.4 is 5.69 Å². The average Bonchev–Trinajstić information content (AvgIpc) is 3.43. The lowest BCUT2D eigenvalue weighted by Crippen LogP contribution is -2.44. The van der Waals surface area contributed by atoms with Crippen molar-refractivity contribution in [2.75, 3.05) is 13.2 Å². The number of fused-ring (bicyclic) bond motifs is 1. The standard InChI is InChI=1S/C34H46ClN5O3Si/c1-24(2)30(31-37-29-19-20-36-40(29)33(42)39(31)28(35)23-26-13-10-9-11-14-26)38(32(41)27-17-15-25(3)16-18-27)21-12-22-43-44(7,8)34(4,5)6/h9-11,13-20,24,28,30H,12,21-23H2,1-8H3. The number of hydrogen-bond donors (Lipinski definition) is 0. The topological polar surface area (TPSA) is 81.7 Å². The van der Waals surface area contributed by atoms with Gasteiger partial charge < -0.3 is 9.33 Å². The van der Waals surface area contributed by atoms with Crippen molar-refractivity contribution in [2.24, 2.45) is 5.92 Å². The number of aryl methyl sites for hydroxylation is 1. The number of alkyl halides is 1. The van der Waals surface area contributed by atoms with Gasteiger partial charge >= 0.3 is 5.69 Å². The molecular weight excluding hydrogens is 590 g/mol. The smallest absolute Gasteiger partial charge is 0.353 e. The minimum absolute atomic E-state index is 0.0830. The molecule has 44 heavy (non-hydrogen) atoms. The molecule has 1 amide bonds. The van der Waals surface area contributed by atoms with E-state index in [1.165, 1.54) is 9.08 Å². The van der Waals surface area contributed by atoms with Crippen molar-refractivity contribution in [1.82, 2.24) is 24.1 Å². The lowest BCUT2D eigenvalue weighted by atomic mass is 9.99. The molecule has 236 valence electrons. The Kier molecular flexibility index (Phi) is 10.5. The van der Waals surface area contributed by atoms with Gasteiger partial charge in [0.15, 0.2) is 14.0 Å². The van der Waals surface area contributed by atoms with Crippen molar-refractivity contribution in [2.45, 2.75) is 84.1 Å². The highest BCUT2D eigenvalue weighted by atomic mass is 35.5. The van der Waals surface area contributed by atoms with Crippen LogP contribution in [0.4, 0.5) is 0 Å². The summed E-state index contributed by atoms with van der Waals surface area (Å²) in [7, 11) is -1.97. The highest BCUT2D eigenvalue weighted by Gasteiger charge is 2.38. The number of benzene rings is 2. The van der Waals surface area contributed by atoms with Crippen LogP contribution in [0.5, 0.6) is 0 Å². The SMILES string of the molecule is Cc1ccc(C(=O)N(CCCO[Si](C)(C)C(C)(C)C)C(c2nc3ccnn3c(=O)n2C(Cl)Cc2ccccc2)C(C)C)cc1. The van der Waals surface area contributed by atoms with E-state index in [2.05, 4.69) is 39.0 Å². The van der Waals surface area contributed by atoms with Crippen LogP contribution in [0.25, 0.3) is 5.65 Å². The summed E-state index contributed by atoms with van der Waals surface area (Å²) in [6.45, 7) is 18.2. The zero-order valence-electron chi connectivity index (χ0n) is 27.3. The van der Waals surface area contributed by atoms with Crippen LogP contribution in [0.15, 0.2) is 71.7 Å². The molecule has 2 unspecified atom stereocenters. The first-order valence-corrected chi connectivity index (χ1v) is 18.7. The first-order valence-electron chi connectivity index (χ1n) is 15.4. The zero-order valence-corrected chi connectivity index (χ0v) is 29.0. The number of carbonyl (C=O) groups excluding carboxylic acids is 1. The minimum atomic E-state index is -1.97. The molecule has 2 aromatic carbocycles. The average molecular weight is 636 g/mol. The largest absolute Gasteiger partial charge is 0.417 e. The Balaban J connectivity index is 1.79. The van der Waals surface area contributed by atoms with Crippen LogP contribution in [0.3, 0.4) is 0 Å². The number of carbonyl (C=O) groups is 1. The van der Waals surface area contributed by atoms with Crippen molar-refractivity contribution < 1.29 is 9.22 Å². The van der Waals surface area contributed by atoms with Gasteiger partial charge in [0, 0.05) is 31.2 Å². The third-order valence-corrected chi connectivity index (χ3v) is 13.5. The molecule has 8 nitrogen and oxygen atoms in total. The van der Waals surface area contributed by atoms with Gasteiger partial charge in [-0.05, 0) is 55.1 Å². The van der Waals surface area contributed by atoms with Gasteiger partial charge in [-0.3, -0.25) is 9.36 Å². The molecule has 0 radical (unpaired) electrons. The Morgan fingerprint density at radius 1 is 1.05 bits per heavy atom. The summed E-state index contributed by atoms with van der Waals surface area (Å²) >= 11 is 7.07. The molecule has 2 aromatic heterocycles. The summed E-state index contributed by atoms with van der Waals surface area (Å²) < 4.78 is 9.26. The number of nitrogens with zero attached hydrogens (tertiary/aromatic N) is 5. The maximum Gasteiger partial charge on any atom is 0.353 e. The fourth-order valence-electron chi connectivity index (χ4n) is 5.08. The van der Waals surface area contributed by atoms with Crippen LogP contribution >= 0.6 is 11.6 Å². The van der Waals surface area contributed by atoms with Gasteiger partial charge in [-0.15, -0.1) is 0 Å². The van der Waals surface area contributed by atoms with Gasteiger partial charge in [-0.25, -0.2) is 9.78 Å². The monoisotopic (exact) mass is 635 g/mol. The minimum Gasteiger partial charge on any atom is -0.417 e. The van der Waals surface area contributed by atoms with Gasteiger partial charge in [0.25, 0.3) is 5.91 Å². The maximum atomic E-state index is 14.3. The van der Waals surface area contributed by atoms with Crippen LogP contribution in [-0.4, -0.2) is 51.4 Å². The van der Waals surface area contributed by atoms with Gasteiger partial charge in [0.1, 0.15) is 11.3 Å². The summed E-state index contributed by atoms with van der Waals surface area (Å²) in [5, 5.41) is 4.30. The molecule has 4 aromatic rings. The molecule has 0 saturated heterocycles. The van der Waals surface area contributed by atoms with Crippen molar-refractivity contribution in [3.05, 3.63) is 99.9 Å². The van der Waals surface area contributed by atoms with E-state index in [1.807, 2.05) is 80.3 Å². The summed E-state index contributed by atoms with van der Waals surface area (Å²) in [4.78, 5) is 35.1. The lowest BCUT2D eigenvalue weighted by Gasteiger charge is -2.38. The number of hydrogen-bond acceptors (Lipinski definition) is 5. The molecule has 0 spiro atoms. The zero-order chi connectivity index (χ0) is 32.2. The van der Waals surface area contributed by atoms with Crippen molar-refractivity contribution >= 4 is 31.5 Å². The molecule has 4 rings (SSSR count). The summed E-state index contributed by atoms with van der Waals surface area (Å²) in [5.74, 6) is 0.230. The second-order valence-corrected chi connectivity index (χ2v) is 18.7. The molecule has 0 bridgehead atoms. The van der Waals surface area contributed by atoms with E-state index >= 15 is 0 Å². The second kappa shape index (κ2) is 13.8. The van der Waals surface area contributed by atoms with Gasteiger partial charge in [0.2, 0.25) is 0 Å². The first kappa shape index (κ1) is 33.6. The van der Waals surface area contributed by atoms with E-state index in [0.29, 0.717) is 43.0 Å². The van der Waals surface area contributed by atoms with Crippen LogP contribution in [0.2, 0.25) is 18.1 Å². The summed E-state index contributed by atoms with van der Waals surface area (Å²) in [6.07, 6.45) is 2.59. The predicted octanol–water partition coefficient (Wildman–Crippen LogP) is 7.43. The van der Waals surface area contributed by atoms with E-state index in [9.17, 15) is 9.59 Å². The maximum absolute atomic E-state index is 14.3. The van der Waals surface area contributed by atoms with Gasteiger partial charge in [-0.2, -0.15) is 9.61 Å². The fourth-order valence-corrected chi connectivity index (χ4v) is 6.53. The fraction of sp³-hybridized carbons (Fsp3) is 0.471. The Morgan fingerprint density at radius 2 is 1.70 bits per heavy atom. The molecule has 2 heterocycles. The number of amides is 1. The van der Waals surface area contributed by atoms with Crippen molar-refractivity contribution in [3.8, 4) is 0 Å². The molecule has 0 aliphatic heterocycles. The first-order chi connectivity index (χ1) is 20.7. The van der Waals surface area contributed by atoms with E-state index in [1.54, 1.807) is 12.3 Å². The summed E-state index contributed by atoms with van der Waals surface area (Å²) in [5.41, 5.74) is 1.92.